The summed E-state index contributed by atoms with van der Waals surface area (Å²) in [5.74, 6) is 0. The Morgan fingerprint density at radius 2 is 2.25 bits per heavy atom. The van der Waals surface area contributed by atoms with Gasteiger partial charge in [0.25, 0.3) is 0 Å². The maximum atomic E-state index is 11.6. The van der Waals surface area contributed by atoms with E-state index in [-0.39, 0.29) is 6.09 Å². The van der Waals surface area contributed by atoms with Crippen LogP contribution in [0.2, 0.25) is 0 Å². The van der Waals surface area contributed by atoms with Crippen molar-refractivity contribution in [2.24, 2.45) is 0 Å². The van der Waals surface area contributed by atoms with Crippen molar-refractivity contribution in [3.8, 4) is 0 Å². The molecule has 0 radical (unpaired) electrons. The summed E-state index contributed by atoms with van der Waals surface area (Å²) in [7, 11) is 1.41. The third-order valence-electron chi connectivity index (χ3n) is 2.89. The first kappa shape index (κ1) is 10.8. The van der Waals surface area contributed by atoms with Gasteiger partial charge in [-0.1, -0.05) is 0 Å². The molecule has 0 unspecified atom stereocenters. The van der Waals surface area contributed by atoms with Crippen LogP contribution in [0, 0.1) is 6.92 Å². The van der Waals surface area contributed by atoms with Gasteiger partial charge in [-0.2, -0.15) is 0 Å². The van der Waals surface area contributed by atoms with E-state index in [4.69, 9.17) is 10.5 Å². The molecular weight excluding hydrogens is 204 g/mol. The highest BCUT2D eigenvalue weighted by Crippen LogP contribution is 2.32. The molecule has 2 rings (SSSR count). The van der Waals surface area contributed by atoms with E-state index in [1.807, 2.05) is 19.1 Å². The largest absolute Gasteiger partial charge is 0.452 e. The number of anilines is 2. The SMILES string of the molecule is COC(=O)N1CCCc2cc(N)cc(C)c21. The molecule has 0 fully saturated rings. The van der Waals surface area contributed by atoms with Crippen molar-refractivity contribution in [1.82, 2.24) is 0 Å². The average Bonchev–Trinajstić information content (AvgIpc) is 2.26. The lowest BCUT2D eigenvalue weighted by molar-refractivity contribution is 0.178. The molecule has 4 nitrogen and oxygen atoms in total. The van der Waals surface area contributed by atoms with Gasteiger partial charge in [-0.05, 0) is 43.0 Å². The fourth-order valence-corrected chi connectivity index (χ4v) is 2.29. The van der Waals surface area contributed by atoms with Crippen LogP contribution in [-0.2, 0) is 11.2 Å². The summed E-state index contributed by atoms with van der Waals surface area (Å²) in [4.78, 5) is 13.3. The molecule has 1 aliphatic heterocycles. The number of benzene rings is 1. The summed E-state index contributed by atoms with van der Waals surface area (Å²) < 4.78 is 4.79. The van der Waals surface area contributed by atoms with Crippen LogP contribution >= 0.6 is 0 Å². The zero-order valence-electron chi connectivity index (χ0n) is 9.62. The maximum Gasteiger partial charge on any atom is 0.414 e. The highest BCUT2D eigenvalue weighted by atomic mass is 16.5. The van der Waals surface area contributed by atoms with Gasteiger partial charge in [-0.25, -0.2) is 4.79 Å². The quantitative estimate of drug-likeness (QED) is 0.681. The summed E-state index contributed by atoms with van der Waals surface area (Å²) in [6, 6.07) is 3.83. The number of hydrogen-bond donors (Lipinski definition) is 1. The van der Waals surface area contributed by atoms with Crippen molar-refractivity contribution in [3.05, 3.63) is 23.3 Å². The number of nitrogen functional groups attached to an aromatic ring is 1. The zero-order valence-corrected chi connectivity index (χ0v) is 9.62. The number of aryl methyl sites for hydroxylation is 2. The van der Waals surface area contributed by atoms with Crippen molar-refractivity contribution in [2.75, 3.05) is 24.3 Å². The van der Waals surface area contributed by atoms with Crippen LogP contribution in [0.15, 0.2) is 12.1 Å². The van der Waals surface area contributed by atoms with Crippen molar-refractivity contribution in [2.45, 2.75) is 19.8 Å². The first-order valence-corrected chi connectivity index (χ1v) is 5.38. The van der Waals surface area contributed by atoms with E-state index in [1.54, 1.807) is 4.90 Å². The van der Waals surface area contributed by atoms with E-state index in [2.05, 4.69) is 0 Å². The van der Waals surface area contributed by atoms with E-state index in [9.17, 15) is 4.79 Å². The van der Waals surface area contributed by atoms with Crippen LogP contribution < -0.4 is 10.6 Å². The average molecular weight is 220 g/mol. The predicted octanol–water partition coefficient (Wildman–Crippen LogP) is 2.10. The highest BCUT2D eigenvalue weighted by molar-refractivity contribution is 5.90. The third kappa shape index (κ3) is 1.71. The number of nitrogens with zero attached hydrogens (tertiary/aromatic N) is 1. The number of amides is 1. The Kier molecular flexibility index (Phi) is 2.73. The molecule has 0 aromatic heterocycles. The van der Waals surface area contributed by atoms with Gasteiger partial charge in [0, 0.05) is 12.2 Å². The minimum atomic E-state index is -0.297. The minimum Gasteiger partial charge on any atom is -0.452 e. The van der Waals surface area contributed by atoms with E-state index in [1.165, 1.54) is 7.11 Å². The fourth-order valence-electron chi connectivity index (χ4n) is 2.29. The molecule has 0 bridgehead atoms. The minimum absolute atomic E-state index is 0.297. The van der Waals surface area contributed by atoms with Gasteiger partial charge in [0.1, 0.15) is 0 Å². The molecule has 2 N–H and O–H groups in total. The van der Waals surface area contributed by atoms with Crippen molar-refractivity contribution in [1.29, 1.82) is 0 Å². The molecule has 1 aliphatic rings. The number of ether oxygens (including phenoxy) is 1. The summed E-state index contributed by atoms with van der Waals surface area (Å²) in [5, 5.41) is 0. The highest BCUT2D eigenvalue weighted by Gasteiger charge is 2.24. The lowest BCUT2D eigenvalue weighted by atomic mass is 9.98. The van der Waals surface area contributed by atoms with Crippen LogP contribution in [0.5, 0.6) is 0 Å². The molecule has 0 saturated carbocycles. The summed E-state index contributed by atoms with van der Waals surface area (Å²) in [5.41, 5.74) is 9.68. The number of hydrogen-bond acceptors (Lipinski definition) is 3. The van der Waals surface area contributed by atoms with Crippen molar-refractivity contribution < 1.29 is 9.53 Å². The van der Waals surface area contributed by atoms with Crippen LogP contribution in [0.4, 0.5) is 16.2 Å². The zero-order chi connectivity index (χ0) is 11.7. The van der Waals surface area contributed by atoms with E-state index in [0.29, 0.717) is 6.54 Å². The van der Waals surface area contributed by atoms with Gasteiger partial charge in [0.2, 0.25) is 0 Å². The van der Waals surface area contributed by atoms with Gasteiger partial charge in [-0.3, -0.25) is 4.90 Å². The lowest BCUT2D eigenvalue weighted by Crippen LogP contribution is -2.36. The molecule has 0 aliphatic carbocycles. The molecular formula is C12H16N2O2. The topological polar surface area (TPSA) is 55.6 Å². The second-order valence-corrected chi connectivity index (χ2v) is 4.07. The first-order valence-electron chi connectivity index (χ1n) is 5.38. The van der Waals surface area contributed by atoms with Gasteiger partial charge in [-0.15, -0.1) is 0 Å². The van der Waals surface area contributed by atoms with Gasteiger partial charge < -0.3 is 10.5 Å². The number of carbonyl (C=O) groups excluding carboxylic acids is 1. The van der Waals surface area contributed by atoms with Gasteiger partial charge in [0.05, 0.1) is 12.8 Å². The molecule has 0 atom stereocenters. The Hall–Kier alpha value is -1.71. The standard InChI is InChI=1S/C12H16N2O2/c1-8-6-10(13)7-9-4-3-5-14(11(8)9)12(15)16-2/h6-7H,3-5,13H2,1-2H3. The van der Waals surface area contributed by atoms with Crippen LogP contribution in [0.3, 0.4) is 0 Å². The second-order valence-electron chi connectivity index (χ2n) is 4.07. The molecule has 1 heterocycles. The molecule has 1 amide bonds. The number of fused-ring (bicyclic) bond motifs is 1. The van der Waals surface area contributed by atoms with Crippen molar-refractivity contribution in [3.63, 3.8) is 0 Å². The van der Waals surface area contributed by atoms with Crippen LogP contribution in [0.1, 0.15) is 17.5 Å². The molecule has 86 valence electrons. The van der Waals surface area contributed by atoms with E-state index >= 15 is 0 Å². The van der Waals surface area contributed by atoms with Crippen LogP contribution in [0.25, 0.3) is 0 Å². The molecule has 1 aromatic carbocycles. The van der Waals surface area contributed by atoms with Gasteiger partial charge in [0.15, 0.2) is 0 Å². The Morgan fingerprint density at radius 1 is 1.50 bits per heavy atom. The number of rotatable bonds is 0. The number of methoxy groups -OCH3 is 1. The number of carbonyl (C=O) groups is 1. The van der Waals surface area contributed by atoms with Crippen molar-refractivity contribution >= 4 is 17.5 Å². The monoisotopic (exact) mass is 220 g/mol. The Balaban J connectivity index is 2.49. The molecule has 1 aromatic rings. The summed E-state index contributed by atoms with van der Waals surface area (Å²) in [6.07, 6.45) is 1.62. The molecule has 0 saturated heterocycles. The molecule has 16 heavy (non-hydrogen) atoms. The third-order valence-corrected chi connectivity index (χ3v) is 2.89. The Morgan fingerprint density at radius 3 is 2.94 bits per heavy atom. The van der Waals surface area contributed by atoms with Crippen LogP contribution in [-0.4, -0.2) is 19.7 Å². The lowest BCUT2D eigenvalue weighted by Gasteiger charge is -2.30. The second kappa shape index (κ2) is 4.04. The molecule has 0 spiro atoms. The summed E-state index contributed by atoms with van der Waals surface area (Å²) in [6.45, 7) is 2.68. The Bertz CT molecular complexity index is 429. The predicted molar refractivity (Wildman–Crippen MR) is 63.7 cm³/mol. The molecule has 4 heteroatoms. The number of nitrogens with two attached hydrogens (primary N) is 1. The van der Waals surface area contributed by atoms with E-state index in [0.717, 1.165) is 35.3 Å². The Labute approximate surface area is 95.0 Å². The first-order chi connectivity index (χ1) is 7.63. The maximum absolute atomic E-state index is 11.6. The summed E-state index contributed by atoms with van der Waals surface area (Å²) >= 11 is 0. The normalized spacial score (nSPS) is 14.5. The van der Waals surface area contributed by atoms with E-state index < -0.39 is 0 Å². The van der Waals surface area contributed by atoms with Gasteiger partial charge >= 0.3 is 6.09 Å². The fraction of sp³-hybridized carbons (Fsp3) is 0.417. The smallest absolute Gasteiger partial charge is 0.414 e.